The molecule has 0 unspecified atom stereocenters. The molecule has 5 aromatic rings. The molecule has 0 aliphatic carbocycles. The highest BCUT2D eigenvalue weighted by atomic mass is 19.1. The zero-order chi connectivity index (χ0) is 29.8. The first-order chi connectivity index (χ1) is 20.2. The van der Waals surface area contributed by atoms with E-state index >= 15 is 0 Å². The van der Waals surface area contributed by atoms with E-state index in [9.17, 15) is 14.5 Å². The molecule has 2 heterocycles. The number of nitro benzene ring substituents is 1. The summed E-state index contributed by atoms with van der Waals surface area (Å²) in [6.07, 6.45) is 1.56. The predicted octanol–water partition coefficient (Wildman–Crippen LogP) is 5.36. The highest BCUT2D eigenvalue weighted by molar-refractivity contribution is 5.81. The van der Waals surface area contributed by atoms with Crippen molar-refractivity contribution in [2.45, 2.75) is 0 Å². The first-order valence-corrected chi connectivity index (χ1v) is 13.1. The first kappa shape index (κ1) is 28.2. The Balaban J connectivity index is 1.55. The predicted molar refractivity (Wildman–Crippen MR) is 161 cm³/mol. The van der Waals surface area contributed by atoms with Crippen molar-refractivity contribution in [1.82, 2.24) is 24.4 Å². The average molecular weight is 572 g/mol. The molecule has 0 aliphatic heterocycles. The summed E-state index contributed by atoms with van der Waals surface area (Å²) < 4.78 is 20.9. The highest BCUT2D eigenvalue weighted by Crippen LogP contribution is 2.39. The molecule has 2 N–H and O–H groups in total. The third-order valence-electron chi connectivity index (χ3n) is 6.55. The van der Waals surface area contributed by atoms with Crippen molar-refractivity contribution in [1.29, 1.82) is 0 Å². The number of likely N-dealkylation sites (N-methyl/N-ethyl adjacent to an activating group) is 2. The number of nitro groups is 1. The van der Waals surface area contributed by atoms with Gasteiger partial charge in [0.1, 0.15) is 22.8 Å². The summed E-state index contributed by atoms with van der Waals surface area (Å²) in [6, 6.07) is 18.5. The molecular formula is C29H30FN9O3. The molecule has 0 atom stereocenters. The fourth-order valence-corrected chi connectivity index (χ4v) is 4.37. The van der Waals surface area contributed by atoms with E-state index in [1.807, 2.05) is 58.8 Å². The van der Waals surface area contributed by atoms with E-state index in [0.717, 1.165) is 12.2 Å². The van der Waals surface area contributed by atoms with Gasteiger partial charge in [0.25, 0.3) is 5.69 Å². The summed E-state index contributed by atoms with van der Waals surface area (Å²) in [7, 11) is 7.19. The van der Waals surface area contributed by atoms with Crippen LogP contribution >= 0.6 is 0 Å². The van der Waals surface area contributed by atoms with Crippen LogP contribution in [-0.4, -0.2) is 70.7 Å². The van der Waals surface area contributed by atoms with Gasteiger partial charge in [0, 0.05) is 38.0 Å². The van der Waals surface area contributed by atoms with Crippen LogP contribution in [0.15, 0.2) is 72.9 Å². The largest absolute Gasteiger partial charge is 0.494 e. The summed E-state index contributed by atoms with van der Waals surface area (Å²) in [5.74, 6) is 0.690. The SMILES string of the molecule is COc1cc(N(C)CCN(C)C)c([N+](=O)[O-])cc1Nc1ncc2nc(Nc3ccc(F)cc3)n(-c3ccccc3)c2n1. The standard InChI is InChI=1S/C29H30FN9O3/c1-36(2)14-15-37(3)24-17-26(42-4)22(16-25(24)39(40)41)33-28-31-18-23-27(35-28)38(21-8-6-5-7-9-21)29(34-23)32-20-12-10-19(30)11-13-20/h5-13,16-18H,14-15H2,1-4H3,(H,32,34)(H,31,33,35). The third kappa shape index (κ3) is 6.05. The minimum atomic E-state index is -0.423. The Bertz CT molecular complexity index is 1710. The van der Waals surface area contributed by atoms with E-state index in [2.05, 4.69) is 20.6 Å². The quantitative estimate of drug-likeness (QED) is 0.158. The molecule has 5 rings (SSSR count). The van der Waals surface area contributed by atoms with Gasteiger partial charge in [0.15, 0.2) is 5.65 Å². The molecule has 0 bridgehead atoms. The molecular weight excluding hydrogens is 541 g/mol. The highest BCUT2D eigenvalue weighted by Gasteiger charge is 2.23. The van der Waals surface area contributed by atoms with Crippen molar-refractivity contribution in [3.05, 3.63) is 88.9 Å². The van der Waals surface area contributed by atoms with Gasteiger partial charge in [-0.1, -0.05) is 18.2 Å². The minimum absolute atomic E-state index is 0.0826. The molecule has 2 aromatic heterocycles. The molecule has 3 aromatic carbocycles. The van der Waals surface area contributed by atoms with Crippen molar-refractivity contribution in [2.75, 3.05) is 56.9 Å². The maximum atomic E-state index is 13.5. The van der Waals surface area contributed by atoms with Crippen molar-refractivity contribution >= 4 is 45.8 Å². The second-order valence-electron chi connectivity index (χ2n) is 9.79. The Hall–Kier alpha value is -5.30. The minimum Gasteiger partial charge on any atom is -0.494 e. The number of rotatable bonds is 11. The molecule has 13 heteroatoms. The molecule has 42 heavy (non-hydrogen) atoms. The zero-order valence-corrected chi connectivity index (χ0v) is 23.6. The zero-order valence-electron chi connectivity index (χ0n) is 23.6. The fourth-order valence-electron chi connectivity index (χ4n) is 4.37. The van der Waals surface area contributed by atoms with Gasteiger partial charge in [-0.05, 0) is 50.5 Å². The van der Waals surface area contributed by atoms with Crippen LogP contribution in [0.5, 0.6) is 5.75 Å². The molecule has 216 valence electrons. The van der Waals surface area contributed by atoms with Crippen molar-refractivity contribution < 1.29 is 14.1 Å². The normalized spacial score (nSPS) is 11.1. The number of nitrogens with one attached hydrogen (secondary N) is 2. The van der Waals surface area contributed by atoms with E-state index in [1.165, 1.54) is 25.3 Å². The van der Waals surface area contributed by atoms with Crippen LogP contribution in [0.4, 0.5) is 39.0 Å². The first-order valence-electron chi connectivity index (χ1n) is 13.1. The molecule has 0 saturated heterocycles. The molecule has 0 radical (unpaired) electrons. The monoisotopic (exact) mass is 571 g/mol. The number of methoxy groups -OCH3 is 1. The van der Waals surface area contributed by atoms with Gasteiger partial charge >= 0.3 is 0 Å². The van der Waals surface area contributed by atoms with Crippen LogP contribution in [0.1, 0.15) is 0 Å². The Labute approximate surface area is 241 Å². The third-order valence-corrected chi connectivity index (χ3v) is 6.55. The Kier molecular flexibility index (Phi) is 8.11. The van der Waals surface area contributed by atoms with Gasteiger partial charge in [-0.15, -0.1) is 0 Å². The molecule has 12 nitrogen and oxygen atoms in total. The van der Waals surface area contributed by atoms with E-state index < -0.39 is 4.92 Å². The van der Waals surface area contributed by atoms with Gasteiger partial charge in [-0.3, -0.25) is 14.7 Å². The number of nitrogens with zero attached hydrogens (tertiary/aromatic N) is 7. The van der Waals surface area contributed by atoms with Crippen LogP contribution in [-0.2, 0) is 0 Å². The summed E-state index contributed by atoms with van der Waals surface area (Å²) >= 11 is 0. The van der Waals surface area contributed by atoms with Crippen LogP contribution in [0, 0.1) is 15.9 Å². The number of aromatic nitrogens is 4. The number of benzene rings is 3. The second-order valence-corrected chi connectivity index (χ2v) is 9.79. The van der Waals surface area contributed by atoms with Crippen LogP contribution in [0.2, 0.25) is 0 Å². The Morgan fingerprint density at radius 2 is 1.74 bits per heavy atom. The van der Waals surface area contributed by atoms with Crippen molar-refractivity contribution in [3.8, 4) is 11.4 Å². The van der Waals surface area contributed by atoms with Gasteiger partial charge in [0.05, 0.1) is 29.6 Å². The molecule has 0 saturated carbocycles. The Morgan fingerprint density at radius 1 is 1.00 bits per heavy atom. The summed E-state index contributed by atoms with van der Waals surface area (Å²) in [4.78, 5) is 29.2. The van der Waals surface area contributed by atoms with Crippen LogP contribution < -0.4 is 20.3 Å². The molecule has 0 amide bonds. The topological polar surface area (TPSA) is 127 Å². The fraction of sp³-hybridized carbons (Fsp3) is 0.207. The molecule has 0 aliphatic rings. The maximum Gasteiger partial charge on any atom is 0.294 e. The number of fused-ring (bicyclic) bond motifs is 1. The van der Waals surface area contributed by atoms with Crippen molar-refractivity contribution in [3.63, 3.8) is 0 Å². The number of anilines is 5. The second kappa shape index (κ2) is 12.1. The summed E-state index contributed by atoms with van der Waals surface area (Å²) in [5.41, 5.74) is 3.10. The van der Waals surface area contributed by atoms with E-state index in [-0.39, 0.29) is 17.5 Å². The lowest BCUT2D eigenvalue weighted by Crippen LogP contribution is -2.28. The number of ether oxygens (including phenoxy) is 1. The van der Waals surface area contributed by atoms with E-state index in [0.29, 0.717) is 46.5 Å². The maximum absolute atomic E-state index is 13.5. The lowest BCUT2D eigenvalue weighted by atomic mass is 10.2. The number of halogens is 1. The smallest absolute Gasteiger partial charge is 0.294 e. The van der Waals surface area contributed by atoms with Crippen LogP contribution in [0.25, 0.3) is 16.9 Å². The molecule has 0 fully saturated rings. The van der Waals surface area contributed by atoms with Gasteiger partial charge in [0.2, 0.25) is 11.9 Å². The number of hydrogen-bond donors (Lipinski definition) is 2. The lowest BCUT2D eigenvalue weighted by Gasteiger charge is -2.22. The van der Waals surface area contributed by atoms with Gasteiger partial charge in [-0.25, -0.2) is 14.4 Å². The van der Waals surface area contributed by atoms with E-state index in [1.54, 1.807) is 31.4 Å². The van der Waals surface area contributed by atoms with Crippen molar-refractivity contribution in [2.24, 2.45) is 0 Å². The summed E-state index contributed by atoms with van der Waals surface area (Å²) in [5, 5.41) is 18.4. The van der Waals surface area contributed by atoms with E-state index in [4.69, 9.17) is 9.72 Å². The number of imidazole rings is 1. The van der Waals surface area contributed by atoms with Crippen LogP contribution in [0.3, 0.4) is 0 Å². The Morgan fingerprint density at radius 3 is 2.40 bits per heavy atom. The average Bonchev–Trinajstić information content (AvgIpc) is 3.34. The van der Waals surface area contributed by atoms with Gasteiger partial charge in [-0.2, -0.15) is 4.98 Å². The molecule has 0 spiro atoms. The summed E-state index contributed by atoms with van der Waals surface area (Å²) in [6.45, 7) is 1.30. The number of hydrogen-bond acceptors (Lipinski definition) is 10. The lowest BCUT2D eigenvalue weighted by molar-refractivity contribution is -0.384. The number of para-hydroxylation sites is 1. The van der Waals surface area contributed by atoms with Gasteiger partial charge < -0.3 is 25.2 Å².